The molecule has 0 aromatic carbocycles. The van der Waals surface area contributed by atoms with Crippen molar-refractivity contribution < 1.29 is 14.3 Å². The van der Waals surface area contributed by atoms with E-state index in [-0.39, 0.29) is 17.4 Å². The molecule has 1 aliphatic rings. The van der Waals surface area contributed by atoms with Gasteiger partial charge in [-0.15, -0.1) is 0 Å². The Labute approximate surface area is 127 Å². The number of hydrogen-bond acceptors (Lipinski definition) is 5. The second kappa shape index (κ2) is 8.34. The molecule has 0 unspecified atom stereocenters. The summed E-state index contributed by atoms with van der Waals surface area (Å²) in [4.78, 5) is 27.5. The maximum Gasteiger partial charge on any atom is 0.306 e. The zero-order valence-corrected chi connectivity index (χ0v) is 13.8. The van der Waals surface area contributed by atoms with E-state index in [1.54, 1.807) is 0 Å². The summed E-state index contributed by atoms with van der Waals surface area (Å²) in [5.74, 6) is -0.0801. The summed E-state index contributed by atoms with van der Waals surface area (Å²) in [6.07, 6.45) is 1.35. The molecule has 0 bridgehead atoms. The maximum atomic E-state index is 12.0. The lowest BCUT2D eigenvalue weighted by Crippen LogP contribution is -2.52. The number of esters is 1. The average Bonchev–Trinajstić information content (AvgIpc) is 2.45. The van der Waals surface area contributed by atoms with Crippen LogP contribution in [0.5, 0.6) is 0 Å². The van der Waals surface area contributed by atoms with Crippen LogP contribution in [0, 0.1) is 0 Å². The molecule has 1 fully saturated rings. The molecule has 1 heterocycles. The first-order chi connectivity index (χ1) is 9.86. The molecule has 1 amide bonds. The minimum Gasteiger partial charge on any atom is -0.469 e. The van der Waals surface area contributed by atoms with E-state index >= 15 is 0 Å². The molecule has 1 rings (SSSR count). The van der Waals surface area contributed by atoms with E-state index in [0.29, 0.717) is 13.0 Å². The number of amides is 1. The molecule has 0 atom stereocenters. The minimum atomic E-state index is -0.168. The van der Waals surface area contributed by atoms with Crippen LogP contribution in [0.25, 0.3) is 0 Å². The van der Waals surface area contributed by atoms with Gasteiger partial charge >= 0.3 is 5.97 Å². The van der Waals surface area contributed by atoms with Crippen LogP contribution >= 0.6 is 0 Å². The molecular formula is C15H29N3O3. The second-order valence-corrected chi connectivity index (χ2v) is 6.23. The molecule has 0 radical (unpaired) electrons. The van der Waals surface area contributed by atoms with E-state index in [4.69, 9.17) is 0 Å². The SMILES string of the molecule is CCC(C)(C)NC(=O)CN1CCN(CCC(=O)OC)CC1. The minimum absolute atomic E-state index is 0.0878. The van der Waals surface area contributed by atoms with Gasteiger partial charge in [-0.1, -0.05) is 6.92 Å². The zero-order valence-electron chi connectivity index (χ0n) is 13.8. The normalized spacial score (nSPS) is 17.5. The Hall–Kier alpha value is -1.14. The maximum absolute atomic E-state index is 12.0. The molecule has 122 valence electrons. The summed E-state index contributed by atoms with van der Waals surface area (Å²) >= 11 is 0. The Morgan fingerprint density at radius 2 is 1.71 bits per heavy atom. The summed E-state index contributed by atoms with van der Waals surface area (Å²) < 4.78 is 4.64. The summed E-state index contributed by atoms with van der Waals surface area (Å²) in [5, 5.41) is 3.06. The molecule has 1 saturated heterocycles. The fourth-order valence-electron chi connectivity index (χ4n) is 2.23. The Morgan fingerprint density at radius 3 is 2.24 bits per heavy atom. The van der Waals surface area contributed by atoms with E-state index < -0.39 is 0 Å². The second-order valence-electron chi connectivity index (χ2n) is 6.23. The highest BCUT2D eigenvalue weighted by atomic mass is 16.5. The van der Waals surface area contributed by atoms with Crippen LogP contribution < -0.4 is 5.32 Å². The number of carbonyl (C=O) groups excluding carboxylic acids is 2. The van der Waals surface area contributed by atoms with E-state index in [2.05, 4.69) is 26.8 Å². The highest BCUT2D eigenvalue weighted by molar-refractivity contribution is 5.78. The quantitative estimate of drug-likeness (QED) is 0.693. The number of methoxy groups -OCH3 is 1. The number of nitrogens with zero attached hydrogens (tertiary/aromatic N) is 2. The first-order valence-corrected chi connectivity index (χ1v) is 7.69. The lowest BCUT2D eigenvalue weighted by atomic mass is 10.0. The molecular weight excluding hydrogens is 270 g/mol. The van der Waals surface area contributed by atoms with E-state index in [0.717, 1.165) is 39.1 Å². The first-order valence-electron chi connectivity index (χ1n) is 7.69. The van der Waals surface area contributed by atoms with Crippen LogP contribution in [-0.2, 0) is 14.3 Å². The fourth-order valence-corrected chi connectivity index (χ4v) is 2.23. The average molecular weight is 299 g/mol. The van der Waals surface area contributed by atoms with E-state index in [1.165, 1.54) is 7.11 Å². The lowest BCUT2D eigenvalue weighted by Gasteiger charge is -2.35. The molecule has 0 saturated carbocycles. The van der Waals surface area contributed by atoms with Gasteiger partial charge in [0.1, 0.15) is 0 Å². The standard InChI is InChI=1S/C15H29N3O3/c1-5-15(2,3)16-13(19)12-18-10-8-17(9-11-18)7-6-14(20)21-4/h5-12H2,1-4H3,(H,16,19). The van der Waals surface area contributed by atoms with Crippen LogP contribution in [0.4, 0.5) is 0 Å². The number of rotatable bonds is 7. The van der Waals surface area contributed by atoms with Gasteiger partial charge in [0.2, 0.25) is 5.91 Å². The number of ether oxygens (including phenoxy) is 1. The Bertz CT molecular complexity index is 350. The van der Waals surface area contributed by atoms with Crippen LogP contribution in [0.2, 0.25) is 0 Å². The summed E-state index contributed by atoms with van der Waals surface area (Å²) in [7, 11) is 1.41. The summed E-state index contributed by atoms with van der Waals surface area (Å²) in [6, 6.07) is 0. The van der Waals surface area contributed by atoms with Crippen LogP contribution in [0.3, 0.4) is 0 Å². The topological polar surface area (TPSA) is 61.9 Å². The van der Waals surface area contributed by atoms with Gasteiger partial charge in [-0.3, -0.25) is 14.5 Å². The van der Waals surface area contributed by atoms with Crippen molar-refractivity contribution in [1.82, 2.24) is 15.1 Å². The monoisotopic (exact) mass is 299 g/mol. The van der Waals surface area contributed by atoms with Crippen molar-refractivity contribution in [3.63, 3.8) is 0 Å². The molecule has 21 heavy (non-hydrogen) atoms. The molecule has 1 N–H and O–H groups in total. The third kappa shape index (κ3) is 6.91. The fraction of sp³-hybridized carbons (Fsp3) is 0.867. The van der Waals surface area contributed by atoms with Gasteiger partial charge in [0.05, 0.1) is 20.1 Å². The molecule has 1 aliphatic heterocycles. The Balaban J connectivity index is 2.24. The van der Waals surface area contributed by atoms with Gasteiger partial charge in [0.15, 0.2) is 0 Å². The van der Waals surface area contributed by atoms with Gasteiger partial charge < -0.3 is 15.0 Å². The van der Waals surface area contributed by atoms with Gasteiger partial charge in [-0.05, 0) is 20.3 Å². The smallest absolute Gasteiger partial charge is 0.306 e. The van der Waals surface area contributed by atoms with Gasteiger partial charge in [-0.25, -0.2) is 0 Å². The number of carbonyl (C=O) groups is 2. The summed E-state index contributed by atoms with van der Waals surface area (Å²) in [5.41, 5.74) is -0.139. The van der Waals surface area contributed by atoms with Crippen molar-refractivity contribution in [2.24, 2.45) is 0 Å². The number of nitrogens with one attached hydrogen (secondary N) is 1. The predicted octanol–water partition coefficient (Wildman–Crippen LogP) is 0.472. The largest absolute Gasteiger partial charge is 0.469 e. The van der Waals surface area contributed by atoms with Gasteiger partial charge in [0, 0.05) is 38.3 Å². The molecule has 6 nitrogen and oxygen atoms in total. The van der Waals surface area contributed by atoms with E-state index in [1.807, 2.05) is 13.8 Å². The van der Waals surface area contributed by atoms with Crippen LogP contribution in [0.15, 0.2) is 0 Å². The van der Waals surface area contributed by atoms with Crippen molar-refractivity contribution in [1.29, 1.82) is 0 Å². The van der Waals surface area contributed by atoms with Crippen LogP contribution in [0.1, 0.15) is 33.6 Å². The van der Waals surface area contributed by atoms with E-state index in [9.17, 15) is 9.59 Å². The number of hydrogen-bond donors (Lipinski definition) is 1. The number of piperazine rings is 1. The zero-order chi connectivity index (χ0) is 15.9. The molecule has 0 aromatic heterocycles. The van der Waals surface area contributed by atoms with Crippen molar-refractivity contribution in [2.45, 2.75) is 39.2 Å². The van der Waals surface area contributed by atoms with Gasteiger partial charge in [-0.2, -0.15) is 0 Å². The van der Waals surface area contributed by atoms with Gasteiger partial charge in [0.25, 0.3) is 0 Å². The Kier molecular flexibility index (Phi) is 7.11. The summed E-state index contributed by atoms with van der Waals surface area (Å²) in [6.45, 7) is 10.8. The molecule has 0 spiro atoms. The predicted molar refractivity (Wildman–Crippen MR) is 82.0 cm³/mol. The third-order valence-electron chi connectivity index (χ3n) is 4.05. The Morgan fingerprint density at radius 1 is 1.14 bits per heavy atom. The van der Waals surface area contributed by atoms with Crippen molar-refractivity contribution in [3.05, 3.63) is 0 Å². The van der Waals surface area contributed by atoms with Crippen LogP contribution in [-0.4, -0.2) is 73.6 Å². The van der Waals surface area contributed by atoms with Crippen molar-refractivity contribution in [3.8, 4) is 0 Å². The first kappa shape index (κ1) is 17.9. The highest BCUT2D eigenvalue weighted by Crippen LogP contribution is 2.07. The molecule has 0 aliphatic carbocycles. The van der Waals surface area contributed by atoms with Crippen molar-refractivity contribution >= 4 is 11.9 Å². The van der Waals surface area contributed by atoms with Crippen molar-refractivity contribution in [2.75, 3.05) is 46.4 Å². The highest BCUT2D eigenvalue weighted by Gasteiger charge is 2.22. The third-order valence-corrected chi connectivity index (χ3v) is 4.05. The molecule has 0 aromatic rings. The lowest BCUT2D eigenvalue weighted by molar-refractivity contribution is -0.141. The molecule has 6 heteroatoms.